The van der Waals surface area contributed by atoms with Gasteiger partial charge in [0.2, 0.25) is 5.91 Å². The van der Waals surface area contributed by atoms with Gasteiger partial charge in [0.05, 0.1) is 0 Å². The molecule has 1 aromatic rings. The number of hydrogen-bond donors (Lipinski definition) is 1. The average molecular weight is 301 g/mol. The Kier molecular flexibility index (Phi) is 4.77. The first kappa shape index (κ1) is 15.5. The Labute approximate surface area is 133 Å². The van der Waals surface area contributed by atoms with Crippen molar-refractivity contribution in [3.63, 3.8) is 0 Å². The number of hydrogen-bond acceptors (Lipinski definition) is 3. The van der Waals surface area contributed by atoms with Gasteiger partial charge < -0.3 is 5.32 Å². The summed E-state index contributed by atoms with van der Waals surface area (Å²) < 4.78 is 0. The van der Waals surface area contributed by atoms with Crippen molar-refractivity contribution < 1.29 is 4.79 Å². The second-order valence-electron chi connectivity index (χ2n) is 6.87. The van der Waals surface area contributed by atoms with E-state index in [4.69, 9.17) is 0 Å². The molecule has 0 aromatic carbocycles. The molecular formula is C18H27N3O. The summed E-state index contributed by atoms with van der Waals surface area (Å²) in [4.78, 5) is 19.6. The molecule has 1 aliphatic carbocycles. The van der Waals surface area contributed by atoms with Gasteiger partial charge in [-0.1, -0.05) is 18.9 Å². The zero-order valence-electron chi connectivity index (χ0n) is 13.6. The molecule has 22 heavy (non-hydrogen) atoms. The highest BCUT2D eigenvalue weighted by Gasteiger charge is 2.46. The Balaban J connectivity index is 1.64. The minimum absolute atomic E-state index is 0.150. The molecular weight excluding hydrogens is 274 g/mol. The molecule has 1 saturated heterocycles. The molecule has 4 heteroatoms. The molecule has 120 valence electrons. The highest BCUT2D eigenvalue weighted by Crippen LogP contribution is 2.37. The van der Waals surface area contributed by atoms with Crippen molar-refractivity contribution in [2.75, 3.05) is 13.1 Å². The van der Waals surface area contributed by atoms with Gasteiger partial charge in [0.25, 0.3) is 0 Å². The number of carbonyl (C=O) groups is 1. The van der Waals surface area contributed by atoms with Gasteiger partial charge in [-0.15, -0.1) is 0 Å². The van der Waals surface area contributed by atoms with Crippen molar-refractivity contribution in [2.24, 2.45) is 0 Å². The number of amides is 1. The fourth-order valence-electron chi connectivity index (χ4n) is 4.07. The third-order valence-corrected chi connectivity index (χ3v) is 5.21. The van der Waals surface area contributed by atoms with Gasteiger partial charge >= 0.3 is 0 Å². The lowest BCUT2D eigenvalue weighted by Gasteiger charge is -2.38. The van der Waals surface area contributed by atoms with E-state index in [1.165, 1.54) is 31.2 Å². The van der Waals surface area contributed by atoms with Gasteiger partial charge in [-0.05, 0) is 63.7 Å². The fourth-order valence-corrected chi connectivity index (χ4v) is 4.07. The van der Waals surface area contributed by atoms with E-state index in [9.17, 15) is 4.79 Å². The molecule has 0 unspecified atom stereocenters. The Morgan fingerprint density at radius 1 is 1.32 bits per heavy atom. The van der Waals surface area contributed by atoms with Crippen molar-refractivity contribution in [3.8, 4) is 0 Å². The number of nitrogens with zero attached hydrogens (tertiary/aromatic N) is 2. The summed E-state index contributed by atoms with van der Waals surface area (Å²) in [6, 6.07) is 4.17. The average Bonchev–Trinajstić information content (AvgIpc) is 3.20. The van der Waals surface area contributed by atoms with E-state index >= 15 is 0 Å². The standard InChI is InChI=1S/C18H27N3O/c1-15(13-16-7-6-10-19-14-16)20-17(22)18(8-2-3-9-18)21-11-4-5-12-21/h6-7,10,14-15H,2-5,8-9,11-13H2,1H3,(H,20,22)/t15-/m1/s1. The molecule has 4 nitrogen and oxygen atoms in total. The molecule has 0 spiro atoms. The van der Waals surface area contributed by atoms with Crippen LogP contribution in [0.4, 0.5) is 0 Å². The molecule has 1 saturated carbocycles. The third kappa shape index (κ3) is 3.17. The number of nitrogens with one attached hydrogen (secondary N) is 1. The maximum atomic E-state index is 13.0. The van der Waals surface area contributed by atoms with Crippen LogP contribution in [0.25, 0.3) is 0 Å². The van der Waals surface area contributed by atoms with Gasteiger partial charge in [-0.25, -0.2) is 0 Å². The molecule has 1 amide bonds. The van der Waals surface area contributed by atoms with Gasteiger partial charge in [-0.2, -0.15) is 0 Å². The molecule has 2 fully saturated rings. The monoisotopic (exact) mass is 301 g/mol. The summed E-state index contributed by atoms with van der Waals surface area (Å²) in [6.45, 7) is 4.27. The first-order valence-corrected chi connectivity index (χ1v) is 8.66. The summed E-state index contributed by atoms with van der Waals surface area (Å²) in [7, 11) is 0. The van der Waals surface area contributed by atoms with Gasteiger partial charge in [0.1, 0.15) is 5.54 Å². The number of likely N-dealkylation sites (tertiary alicyclic amines) is 1. The number of aromatic nitrogens is 1. The van der Waals surface area contributed by atoms with E-state index in [1.54, 1.807) is 6.20 Å². The van der Waals surface area contributed by atoms with Crippen molar-refractivity contribution in [2.45, 2.75) is 63.5 Å². The Morgan fingerprint density at radius 3 is 2.68 bits per heavy atom. The SMILES string of the molecule is C[C@H](Cc1cccnc1)NC(=O)C1(N2CCCC2)CCCC1. The van der Waals surface area contributed by atoms with Gasteiger partial charge in [0.15, 0.2) is 0 Å². The van der Waals surface area contributed by atoms with Crippen LogP contribution in [0.2, 0.25) is 0 Å². The van der Waals surface area contributed by atoms with E-state index < -0.39 is 0 Å². The molecule has 2 aliphatic rings. The van der Waals surface area contributed by atoms with Crippen LogP contribution in [-0.4, -0.2) is 40.5 Å². The lowest BCUT2D eigenvalue weighted by Crippen LogP contribution is -2.58. The molecule has 0 bridgehead atoms. The molecule has 2 heterocycles. The van der Waals surface area contributed by atoms with Crippen LogP contribution in [0.1, 0.15) is 51.0 Å². The summed E-state index contributed by atoms with van der Waals surface area (Å²) in [5.41, 5.74) is 0.955. The molecule has 0 radical (unpaired) electrons. The van der Waals surface area contributed by atoms with Crippen LogP contribution in [-0.2, 0) is 11.2 Å². The molecule has 1 atom stereocenters. The van der Waals surface area contributed by atoms with Crippen LogP contribution in [0.5, 0.6) is 0 Å². The third-order valence-electron chi connectivity index (χ3n) is 5.21. The highest BCUT2D eigenvalue weighted by atomic mass is 16.2. The Morgan fingerprint density at radius 2 is 2.05 bits per heavy atom. The van der Waals surface area contributed by atoms with Crippen LogP contribution in [0, 0.1) is 0 Å². The van der Waals surface area contributed by atoms with Gasteiger partial charge in [-0.3, -0.25) is 14.7 Å². The number of pyridine rings is 1. The van der Waals surface area contributed by atoms with E-state index in [-0.39, 0.29) is 17.5 Å². The summed E-state index contributed by atoms with van der Waals surface area (Å²) >= 11 is 0. The van der Waals surface area contributed by atoms with Crippen LogP contribution in [0.3, 0.4) is 0 Å². The van der Waals surface area contributed by atoms with Crippen molar-refractivity contribution >= 4 is 5.91 Å². The largest absolute Gasteiger partial charge is 0.352 e. The van der Waals surface area contributed by atoms with Crippen molar-refractivity contribution in [1.29, 1.82) is 0 Å². The van der Waals surface area contributed by atoms with Crippen LogP contribution in [0.15, 0.2) is 24.5 Å². The second kappa shape index (κ2) is 6.78. The fraction of sp³-hybridized carbons (Fsp3) is 0.667. The molecule has 1 aliphatic heterocycles. The second-order valence-corrected chi connectivity index (χ2v) is 6.87. The first-order chi connectivity index (χ1) is 10.7. The summed E-state index contributed by atoms with van der Waals surface area (Å²) in [5.74, 6) is 0.253. The number of carbonyl (C=O) groups excluding carboxylic acids is 1. The van der Waals surface area contributed by atoms with Crippen LogP contribution < -0.4 is 5.32 Å². The predicted octanol–water partition coefficient (Wildman–Crippen LogP) is 2.54. The van der Waals surface area contributed by atoms with Crippen LogP contribution >= 0.6 is 0 Å². The number of rotatable bonds is 5. The predicted molar refractivity (Wildman–Crippen MR) is 87.6 cm³/mol. The summed E-state index contributed by atoms with van der Waals surface area (Å²) in [5, 5.41) is 3.28. The quantitative estimate of drug-likeness (QED) is 0.909. The lowest BCUT2D eigenvalue weighted by atomic mass is 9.93. The smallest absolute Gasteiger partial charge is 0.240 e. The minimum Gasteiger partial charge on any atom is -0.352 e. The van der Waals surface area contributed by atoms with E-state index in [0.29, 0.717) is 0 Å². The zero-order valence-corrected chi connectivity index (χ0v) is 13.6. The van der Waals surface area contributed by atoms with Crippen molar-refractivity contribution in [3.05, 3.63) is 30.1 Å². The summed E-state index contributed by atoms with van der Waals surface area (Å²) in [6.07, 6.45) is 11.4. The first-order valence-electron chi connectivity index (χ1n) is 8.66. The topological polar surface area (TPSA) is 45.2 Å². The van der Waals surface area contributed by atoms with E-state index in [2.05, 4.69) is 28.2 Å². The van der Waals surface area contributed by atoms with E-state index in [0.717, 1.165) is 32.4 Å². The Bertz CT molecular complexity index is 490. The minimum atomic E-state index is -0.223. The van der Waals surface area contributed by atoms with Crippen molar-refractivity contribution in [1.82, 2.24) is 15.2 Å². The maximum Gasteiger partial charge on any atom is 0.240 e. The van der Waals surface area contributed by atoms with E-state index in [1.807, 2.05) is 12.3 Å². The van der Waals surface area contributed by atoms with Gasteiger partial charge in [0, 0.05) is 18.4 Å². The highest BCUT2D eigenvalue weighted by molar-refractivity contribution is 5.87. The molecule has 1 N–H and O–H groups in total. The maximum absolute atomic E-state index is 13.0. The molecule has 1 aromatic heterocycles. The normalized spacial score (nSPS) is 22.6. The zero-order chi connectivity index (χ0) is 15.4. The molecule has 3 rings (SSSR count). The lowest BCUT2D eigenvalue weighted by molar-refractivity contribution is -0.133. The Hall–Kier alpha value is -1.42.